The summed E-state index contributed by atoms with van der Waals surface area (Å²) < 4.78 is 25.9. The maximum Gasteiger partial charge on any atom is 0.182 e. The highest BCUT2D eigenvalue weighted by Crippen LogP contribution is 2.18. The highest BCUT2D eigenvalue weighted by atomic mass is 32.1. The van der Waals surface area contributed by atoms with Crippen LogP contribution >= 0.6 is 12.6 Å². The van der Waals surface area contributed by atoms with Gasteiger partial charge >= 0.3 is 0 Å². The minimum Gasteiger partial charge on any atom is -0.396 e. The Morgan fingerprint density at radius 1 is 1.31 bits per heavy atom. The predicted molar refractivity (Wildman–Crippen MR) is 53.7 cm³/mol. The third-order valence-electron chi connectivity index (χ3n) is 1.54. The van der Waals surface area contributed by atoms with Gasteiger partial charge in [0.05, 0.1) is 5.69 Å². The van der Waals surface area contributed by atoms with Crippen molar-refractivity contribution >= 4 is 24.4 Å². The first-order chi connectivity index (χ1) is 6.16. The normalized spacial score (nSPS) is 11.0. The number of hydrogen-bond donors (Lipinski definition) is 2. The quantitative estimate of drug-likeness (QED) is 0.558. The molecule has 4 heteroatoms. The second-order valence-electron chi connectivity index (χ2n) is 2.46. The summed E-state index contributed by atoms with van der Waals surface area (Å²) in [5.74, 6) is -1.44. The van der Waals surface area contributed by atoms with Crippen LogP contribution in [-0.4, -0.2) is 5.75 Å². The summed E-state index contributed by atoms with van der Waals surface area (Å²) in [6.45, 7) is 0. The molecule has 70 valence electrons. The molecule has 0 aliphatic rings. The van der Waals surface area contributed by atoms with Crippen molar-refractivity contribution in [3.63, 3.8) is 0 Å². The molecule has 0 heterocycles. The van der Waals surface area contributed by atoms with Crippen LogP contribution in [0.25, 0.3) is 6.08 Å². The van der Waals surface area contributed by atoms with Gasteiger partial charge in [0.25, 0.3) is 0 Å². The van der Waals surface area contributed by atoms with E-state index in [0.29, 0.717) is 5.75 Å². The monoisotopic (exact) mass is 201 g/mol. The number of halogens is 2. The number of nitrogens with two attached hydrogens (primary N) is 1. The van der Waals surface area contributed by atoms with Crippen LogP contribution in [0.4, 0.5) is 14.5 Å². The van der Waals surface area contributed by atoms with E-state index in [1.165, 1.54) is 18.2 Å². The van der Waals surface area contributed by atoms with E-state index in [4.69, 9.17) is 5.73 Å². The van der Waals surface area contributed by atoms with Crippen LogP contribution in [0.2, 0.25) is 0 Å². The summed E-state index contributed by atoms with van der Waals surface area (Å²) >= 11 is 3.90. The van der Waals surface area contributed by atoms with E-state index >= 15 is 0 Å². The molecular weight excluding hydrogens is 192 g/mol. The number of nitrogen functional groups attached to an aromatic ring is 1. The second-order valence-corrected chi connectivity index (χ2v) is 2.82. The Kier molecular flexibility index (Phi) is 3.31. The van der Waals surface area contributed by atoms with Crippen molar-refractivity contribution in [1.82, 2.24) is 0 Å². The molecule has 0 atom stereocenters. The fourth-order valence-electron chi connectivity index (χ4n) is 0.888. The fraction of sp³-hybridized carbons (Fsp3) is 0.111. The van der Waals surface area contributed by atoms with E-state index < -0.39 is 11.6 Å². The van der Waals surface area contributed by atoms with Crippen molar-refractivity contribution in [2.75, 3.05) is 11.5 Å². The topological polar surface area (TPSA) is 26.0 Å². The number of hydrogen-bond acceptors (Lipinski definition) is 2. The van der Waals surface area contributed by atoms with Gasteiger partial charge in [-0.15, -0.1) is 0 Å². The van der Waals surface area contributed by atoms with E-state index in [-0.39, 0.29) is 11.3 Å². The van der Waals surface area contributed by atoms with Crippen LogP contribution < -0.4 is 5.73 Å². The molecule has 0 saturated carbocycles. The Balaban J connectivity index is 3.11. The van der Waals surface area contributed by atoms with Gasteiger partial charge in [-0.2, -0.15) is 12.6 Å². The van der Waals surface area contributed by atoms with E-state index in [1.807, 2.05) is 0 Å². The lowest BCUT2D eigenvalue weighted by molar-refractivity contribution is 0.510. The van der Waals surface area contributed by atoms with E-state index in [1.54, 1.807) is 6.08 Å². The average Bonchev–Trinajstić information content (AvgIpc) is 2.13. The number of rotatable bonds is 2. The summed E-state index contributed by atoms with van der Waals surface area (Å²) in [6, 6.07) is 2.75. The molecule has 0 aliphatic carbocycles. The van der Waals surface area contributed by atoms with Crippen LogP contribution in [0.1, 0.15) is 5.56 Å². The molecule has 0 unspecified atom stereocenters. The third-order valence-corrected chi connectivity index (χ3v) is 1.76. The lowest BCUT2D eigenvalue weighted by Gasteiger charge is -2.00. The SMILES string of the molecule is Nc1ccc(C=CCS)c(F)c1F. The lowest BCUT2D eigenvalue weighted by atomic mass is 10.1. The molecule has 0 amide bonds. The smallest absolute Gasteiger partial charge is 0.182 e. The van der Waals surface area contributed by atoms with Gasteiger partial charge in [-0.05, 0) is 12.1 Å². The highest BCUT2D eigenvalue weighted by molar-refractivity contribution is 7.80. The standard InChI is InChI=1S/C9H9F2NS/c10-8-6(2-1-5-13)3-4-7(12)9(8)11/h1-4,13H,5,12H2. The summed E-state index contributed by atoms with van der Waals surface area (Å²) in [4.78, 5) is 0. The van der Waals surface area contributed by atoms with Crippen molar-refractivity contribution in [3.8, 4) is 0 Å². The number of benzene rings is 1. The molecule has 0 aromatic heterocycles. The van der Waals surface area contributed by atoms with Gasteiger partial charge in [-0.25, -0.2) is 8.78 Å². The van der Waals surface area contributed by atoms with Crippen LogP contribution in [-0.2, 0) is 0 Å². The molecule has 0 bridgehead atoms. The third kappa shape index (κ3) is 2.21. The Labute approximate surface area is 80.7 Å². The Morgan fingerprint density at radius 3 is 2.62 bits per heavy atom. The summed E-state index contributed by atoms with van der Waals surface area (Å²) in [5.41, 5.74) is 5.17. The minimum absolute atomic E-state index is 0.180. The predicted octanol–water partition coefficient (Wildman–Crippen LogP) is 2.49. The lowest BCUT2D eigenvalue weighted by Crippen LogP contribution is -1.96. The van der Waals surface area contributed by atoms with Gasteiger partial charge in [0.1, 0.15) is 0 Å². The Morgan fingerprint density at radius 2 is 2.00 bits per heavy atom. The van der Waals surface area contributed by atoms with Gasteiger partial charge in [-0.1, -0.05) is 12.2 Å². The van der Waals surface area contributed by atoms with Crippen LogP contribution in [0.3, 0.4) is 0 Å². The molecule has 1 aromatic rings. The minimum atomic E-state index is -0.999. The zero-order valence-corrected chi connectivity index (χ0v) is 7.69. The highest BCUT2D eigenvalue weighted by Gasteiger charge is 2.08. The summed E-state index contributed by atoms with van der Waals surface area (Å²) in [6.07, 6.45) is 3.09. The molecule has 0 radical (unpaired) electrons. The van der Waals surface area contributed by atoms with Crippen molar-refractivity contribution in [1.29, 1.82) is 0 Å². The molecule has 0 spiro atoms. The Hall–Kier alpha value is -1.03. The first kappa shape index (κ1) is 10.1. The zero-order valence-electron chi connectivity index (χ0n) is 6.80. The van der Waals surface area contributed by atoms with Gasteiger partial charge in [-0.3, -0.25) is 0 Å². The maximum absolute atomic E-state index is 13.1. The number of anilines is 1. The first-order valence-electron chi connectivity index (χ1n) is 3.67. The summed E-state index contributed by atoms with van der Waals surface area (Å²) in [7, 11) is 0. The van der Waals surface area contributed by atoms with Gasteiger partial charge in [0.2, 0.25) is 0 Å². The molecule has 0 fully saturated rings. The van der Waals surface area contributed by atoms with Gasteiger partial charge < -0.3 is 5.73 Å². The average molecular weight is 201 g/mol. The van der Waals surface area contributed by atoms with Crippen LogP contribution in [0.15, 0.2) is 18.2 Å². The maximum atomic E-state index is 13.1. The van der Waals surface area contributed by atoms with Gasteiger partial charge in [0.15, 0.2) is 11.6 Å². The summed E-state index contributed by atoms with van der Waals surface area (Å²) in [5, 5.41) is 0. The van der Waals surface area contributed by atoms with E-state index in [2.05, 4.69) is 12.6 Å². The Bertz CT molecular complexity index is 337. The van der Waals surface area contributed by atoms with Crippen molar-refractivity contribution in [2.45, 2.75) is 0 Å². The largest absolute Gasteiger partial charge is 0.396 e. The van der Waals surface area contributed by atoms with Crippen molar-refractivity contribution < 1.29 is 8.78 Å². The van der Waals surface area contributed by atoms with E-state index in [9.17, 15) is 8.78 Å². The first-order valence-corrected chi connectivity index (χ1v) is 4.31. The molecule has 2 N–H and O–H groups in total. The molecule has 0 saturated heterocycles. The van der Waals surface area contributed by atoms with Crippen LogP contribution in [0, 0.1) is 11.6 Å². The van der Waals surface area contributed by atoms with Gasteiger partial charge in [0, 0.05) is 11.3 Å². The van der Waals surface area contributed by atoms with Crippen molar-refractivity contribution in [2.24, 2.45) is 0 Å². The zero-order chi connectivity index (χ0) is 9.84. The molecule has 1 nitrogen and oxygen atoms in total. The van der Waals surface area contributed by atoms with Crippen LogP contribution in [0.5, 0.6) is 0 Å². The van der Waals surface area contributed by atoms with Crippen molar-refractivity contribution in [3.05, 3.63) is 35.4 Å². The molecule has 0 aliphatic heterocycles. The molecule has 13 heavy (non-hydrogen) atoms. The molecular formula is C9H9F2NS. The molecule has 1 aromatic carbocycles. The fourth-order valence-corrected chi connectivity index (χ4v) is 0.993. The molecule has 1 rings (SSSR count). The van der Waals surface area contributed by atoms with E-state index in [0.717, 1.165) is 0 Å². The second kappa shape index (κ2) is 4.28. The number of thiol groups is 1.